The summed E-state index contributed by atoms with van der Waals surface area (Å²) in [7, 11) is 0. The van der Waals surface area contributed by atoms with Crippen LogP contribution in [0.15, 0.2) is 29.0 Å². The SMILES string of the molecule is CCn1c(C(C)N)cnc1-c1ccco1. The monoisotopic (exact) mass is 205 g/mol. The summed E-state index contributed by atoms with van der Waals surface area (Å²) < 4.78 is 7.40. The second-order valence-electron chi connectivity index (χ2n) is 3.52. The fourth-order valence-electron chi connectivity index (χ4n) is 1.69. The summed E-state index contributed by atoms with van der Waals surface area (Å²) in [5, 5.41) is 0. The maximum absolute atomic E-state index is 5.87. The van der Waals surface area contributed by atoms with E-state index in [2.05, 4.69) is 16.5 Å². The van der Waals surface area contributed by atoms with E-state index in [-0.39, 0.29) is 6.04 Å². The van der Waals surface area contributed by atoms with E-state index in [0.717, 1.165) is 23.8 Å². The molecule has 2 aromatic rings. The first kappa shape index (κ1) is 9.98. The lowest BCUT2D eigenvalue weighted by molar-refractivity contribution is 0.566. The molecule has 4 nitrogen and oxygen atoms in total. The molecule has 0 amide bonds. The maximum Gasteiger partial charge on any atom is 0.176 e. The first-order valence-corrected chi connectivity index (χ1v) is 5.09. The van der Waals surface area contributed by atoms with Crippen molar-refractivity contribution in [1.82, 2.24) is 9.55 Å². The van der Waals surface area contributed by atoms with Gasteiger partial charge in [-0.3, -0.25) is 0 Å². The molecule has 0 aliphatic rings. The topological polar surface area (TPSA) is 57.0 Å². The van der Waals surface area contributed by atoms with Gasteiger partial charge in [0, 0.05) is 12.6 Å². The van der Waals surface area contributed by atoms with Gasteiger partial charge in [0.1, 0.15) is 0 Å². The van der Waals surface area contributed by atoms with Crippen molar-refractivity contribution < 1.29 is 4.42 Å². The summed E-state index contributed by atoms with van der Waals surface area (Å²) in [5.74, 6) is 1.62. The van der Waals surface area contributed by atoms with E-state index in [1.54, 1.807) is 6.26 Å². The summed E-state index contributed by atoms with van der Waals surface area (Å²) in [4.78, 5) is 4.34. The molecule has 4 heteroatoms. The number of aromatic nitrogens is 2. The Kier molecular flexibility index (Phi) is 2.60. The first-order valence-electron chi connectivity index (χ1n) is 5.09. The second-order valence-corrected chi connectivity index (χ2v) is 3.52. The van der Waals surface area contributed by atoms with Crippen LogP contribution in [0.25, 0.3) is 11.6 Å². The molecule has 0 aliphatic carbocycles. The zero-order chi connectivity index (χ0) is 10.8. The van der Waals surface area contributed by atoms with Crippen LogP contribution in [-0.4, -0.2) is 9.55 Å². The lowest BCUT2D eigenvalue weighted by Gasteiger charge is -2.10. The molecule has 1 atom stereocenters. The van der Waals surface area contributed by atoms with Crippen molar-refractivity contribution in [3.8, 4) is 11.6 Å². The molecule has 2 N–H and O–H groups in total. The second kappa shape index (κ2) is 3.90. The molecule has 0 bridgehead atoms. The Morgan fingerprint density at radius 3 is 2.93 bits per heavy atom. The van der Waals surface area contributed by atoms with Crippen molar-refractivity contribution in [1.29, 1.82) is 0 Å². The highest BCUT2D eigenvalue weighted by Gasteiger charge is 2.14. The molecule has 0 aliphatic heterocycles. The van der Waals surface area contributed by atoms with Crippen molar-refractivity contribution in [2.45, 2.75) is 26.4 Å². The Labute approximate surface area is 88.7 Å². The summed E-state index contributed by atoms with van der Waals surface area (Å²) in [6, 6.07) is 3.75. The maximum atomic E-state index is 5.87. The molecule has 0 fully saturated rings. The highest BCUT2D eigenvalue weighted by Crippen LogP contribution is 2.22. The van der Waals surface area contributed by atoms with Gasteiger partial charge in [-0.15, -0.1) is 0 Å². The van der Waals surface area contributed by atoms with E-state index in [1.807, 2.05) is 25.3 Å². The molecule has 2 aromatic heterocycles. The third-order valence-electron chi connectivity index (χ3n) is 2.41. The highest BCUT2D eigenvalue weighted by atomic mass is 16.3. The van der Waals surface area contributed by atoms with Crippen LogP contribution in [0, 0.1) is 0 Å². The molecule has 0 saturated heterocycles. The average molecular weight is 205 g/mol. The number of imidazole rings is 1. The van der Waals surface area contributed by atoms with Gasteiger partial charge in [-0.1, -0.05) is 0 Å². The number of hydrogen-bond donors (Lipinski definition) is 1. The lowest BCUT2D eigenvalue weighted by Crippen LogP contribution is -2.12. The van der Waals surface area contributed by atoms with Gasteiger partial charge < -0.3 is 14.7 Å². The van der Waals surface area contributed by atoms with Crippen LogP contribution in [0.4, 0.5) is 0 Å². The van der Waals surface area contributed by atoms with E-state index in [9.17, 15) is 0 Å². The van der Waals surface area contributed by atoms with Crippen LogP contribution in [-0.2, 0) is 6.54 Å². The minimum Gasteiger partial charge on any atom is -0.461 e. The summed E-state index contributed by atoms with van der Waals surface area (Å²) in [5.41, 5.74) is 6.90. The zero-order valence-corrected chi connectivity index (χ0v) is 8.97. The quantitative estimate of drug-likeness (QED) is 0.835. The number of nitrogens with two attached hydrogens (primary N) is 1. The van der Waals surface area contributed by atoms with Gasteiger partial charge in [0.05, 0.1) is 18.2 Å². The van der Waals surface area contributed by atoms with Gasteiger partial charge in [0.2, 0.25) is 0 Å². The molecule has 0 spiro atoms. The Hall–Kier alpha value is -1.55. The smallest absolute Gasteiger partial charge is 0.176 e. The molecule has 2 heterocycles. The van der Waals surface area contributed by atoms with Crippen molar-refractivity contribution in [3.05, 3.63) is 30.3 Å². The fraction of sp³-hybridized carbons (Fsp3) is 0.364. The molecule has 1 unspecified atom stereocenters. The first-order chi connectivity index (χ1) is 7.24. The van der Waals surface area contributed by atoms with Gasteiger partial charge in [-0.25, -0.2) is 4.98 Å². The number of furan rings is 1. The standard InChI is InChI=1S/C11H15N3O/c1-3-14-9(8(2)12)7-13-11(14)10-5-4-6-15-10/h4-8H,3,12H2,1-2H3. The van der Waals surface area contributed by atoms with E-state index >= 15 is 0 Å². The van der Waals surface area contributed by atoms with Gasteiger partial charge in [-0.05, 0) is 26.0 Å². The Morgan fingerprint density at radius 1 is 1.60 bits per heavy atom. The molecular formula is C11H15N3O. The van der Waals surface area contributed by atoms with Crippen LogP contribution < -0.4 is 5.73 Å². The normalized spacial score (nSPS) is 13.0. The van der Waals surface area contributed by atoms with Crippen LogP contribution in [0.3, 0.4) is 0 Å². The molecule has 0 aromatic carbocycles. The van der Waals surface area contributed by atoms with Crippen molar-refractivity contribution in [3.63, 3.8) is 0 Å². The molecule has 15 heavy (non-hydrogen) atoms. The predicted octanol–water partition coefficient (Wildman–Crippen LogP) is 2.18. The van der Waals surface area contributed by atoms with Crippen LogP contribution >= 0.6 is 0 Å². The van der Waals surface area contributed by atoms with Crippen LogP contribution in [0.1, 0.15) is 25.6 Å². The summed E-state index contributed by atoms with van der Waals surface area (Å²) >= 11 is 0. The summed E-state index contributed by atoms with van der Waals surface area (Å²) in [6.45, 7) is 4.86. The third-order valence-corrected chi connectivity index (χ3v) is 2.41. The molecular weight excluding hydrogens is 190 g/mol. The third kappa shape index (κ3) is 1.68. The number of hydrogen-bond acceptors (Lipinski definition) is 3. The fourth-order valence-corrected chi connectivity index (χ4v) is 1.69. The van der Waals surface area contributed by atoms with E-state index in [1.165, 1.54) is 0 Å². The molecule has 2 rings (SSSR count). The molecule has 0 radical (unpaired) electrons. The molecule has 80 valence electrons. The number of nitrogens with zero attached hydrogens (tertiary/aromatic N) is 2. The zero-order valence-electron chi connectivity index (χ0n) is 8.97. The van der Waals surface area contributed by atoms with Crippen LogP contribution in [0.2, 0.25) is 0 Å². The predicted molar refractivity (Wildman–Crippen MR) is 58.2 cm³/mol. The minimum absolute atomic E-state index is 0.0128. The van der Waals surface area contributed by atoms with Crippen molar-refractivity contribution >= 4 is 0 Å². The molecule has 0 saturated carbocycles. The summed E-state index contributed by atoms with van der Waals surface area (Å²) in [6.07, 6.45) is 3.46. The van der Waals surface area contributed by atoms with Gasteiger partial charge in [0.25, 0.3) is 0 Å². The number of rotatable bonds is 3. The van der Waals surface area contributed by atoms with Crippen molar-refractivity contribution in [2.24, 2.45) is 5.73 Å². The average Bonchev–Trinajstić information content (AvgIpc) is 2.85. The minimum atomic E-state index is -0.0128. The Morgan fingerprint density at radius 2 is 2.40 bits per heavy atom. The Balaban J connectivity index is 2.49. The van der Waals surface area contributed by atoms with E-state index in [0.29, 0.717) is 0 Å². The largest absolute Gasteiger partial charge is 0.461 e. The van der Waals surface area contributed by atoms with E-state index in [4.69, 9.17) is 10.2 Å². The van der Waals surface area contributed by atoms with Gasteiger partial charge in [0.15, 0.2) is 11.6 Å². The van der Waals surface area contributed by atoms with Gasteiger partial charge in [-0.2, -0.15) is 0 Å². The highest BCUT2D eigenvalue weighted by molar-refractivity contribution is 5.48. The van der Waals surface area contributed by atoms with E-state index < -0.39 is 0 Å². The lowest BCUT2D eigenvalue weighted by atomic mass is 10.2. The Bertz CT molecular complexity index is 429. The van der Waals surface area contributed by atoms with Crippen LogP contribution in [0.5, 0.6) is 0 Å². The van der Waals surface area contributed by atoms with Crippen molar-refractivity contribution in [2.75, 3.05) is 0 Å². The van der Waals surface area contributed by atoms with Gasteiger partial charge >= 0.3 is 0 Å².